The molecule has 1 N–H and O–H groups in total. The minimum atomic E-state index is 0.706. The van der Waals surface area contributed by atoms with Crippen LogP contribution in [0.15, 0.2) is 0 Å². The van der Waals surface area contributed by atoms with E-state index in [0.717, 1.165) is 29.8 Å². The molecule has 18 heavy (non-hydrogen) atoms. The SMILES string of the molecule is CC(NC1CCCC1)C12CC3CC(CC(C3)C1)C2. The van der Waals surface area contributed by atoms with Crippen molar-refractivity contribution < 1.29 is 0 Å². The van der Waals surface area contributed by atoms with Crippen molar-refractivity contribution in [2.75, 3.05) is 0 Å². The quantitative estimate of drug-likeness (QED) is 0.791. The summed E-state index contributed by atoms with van der Waals surface area (Å²) in [6.45, 7) is 2.52. The molecule has 5 rings (SSSR count). The van der Waals surface area contributed by atoms with Gasteiger partial charge in [0.25, 0.3) is 0 Å². The largest absolute Gasteiger partial charge is 0.311 e. The van der Waals surface area contributed by atoms with Crippen LogP contribution in [0.5, 0.6) is 0 Å². The van der Waals surface area contributed by atoms with E-state index in [2.05, 4.69) is 12.2 Å². The summed E-state index contributed by atoms with van der Waals surface area (Å²) < 4.78 is 0. The molecule has 0 radical (unpaired) electrons. The average molecular weight is 247 g/mol. The molecule has 1 nitrogen and oxygen atoms in total. The third kappa shape index (κ3) is 1.85. The van der Waals surface area contributed by atoms with Gasteiger partial charge in [-0.3, -0.25) is 0 Å². The zero-order valence-corrected chi connectivity index (χ0v) is 12.0. The summed E-state index contributed by atoms with van der Waals surface area (Å²) in [6.07, 6.45) is 15.2. The summed E-state index contributed by atoms with van der Waals surface area (Å²) in [6, 6.07) is 1.64. The van der Waals surface area contributed by atoms with Crippen molar-refractivity contribution in [2.45, 2.75) is 83.2 Å². The maximum Gasteiger partial charge on any atom is 0.00980 e. The summed E-state index contributed by atoms with van der Waals surface area (Å²) in [4.78, 5) is 0. The fraction of sp³-hybridized carbons (Fsp3) is 1.00. The molecule has 0 spiro atoms. The van der Waals surface area contributed by atoms with Crippen LogP contribution < -0.4 is 5.32 Å². The molecule has 0 saturated heterocycles. The number of nitrogens with one attached hydrogen (secondary N) is 1. The lowest BCUT2D eigenvalue weighted by Crippen LogP contribution is -2.56. The van der Waals surface area contributed by atoms with Crippen LogP contribution >= 0.6 is 0 Å². The molecule has 5 aliphatic carbocycles. The van der Waals surface area contributed by atoms with E-state index in [1.165, 1.54) is 25.7 Å². The van der Waals surface area contributed by atoms with Gasteiger partial charge in [0.05, 0.1) is 0 Å². The minimum Gasteiger partial charge on any atom is -0.311 e. The summed E-state index contributed by atoms with van der Waals surface area (Å²) in [5, 5.41) is 4.04. The van der Waals surface area contributed by atoms with Gasteiger partial charge in [0.15, 0.2) is 0 Å². The first-order valence-corrected chi connectivity index (χ1v) is 8.49. The fourth-order valence-electron chi connectivity index (χ4n) is 6.33. The maximum atomic E-state index is 4.04. The molecule has 0 aromatic carbocycles. The highest BCUT2D eigenvalue weighted by atomic mass is 15.0. The van der Waals surface area contributed by atoms with Gasteiger partial charge < -0.3 is 5.32 Å². The topological polar surface area (TPSA) is 12.0 Å². The Labute approximate surface area is 112 Å². The Bertz CT molecular complexity index is 280. The predicted molar refractivity (Wildman–Crippen MR) is 75.5 cm³/mol. The molecule has 5 aliphatic rings. The Balaban J connectivity index is 1.48. The Morgan fingerprint density at radius 2 is 1.39 bits per heavy atom. The highest BCUT2D eigenvalue weighted by Crippen LogP contribution is 2.61. The van der Waals surface area contributed by atoms with E-state index in [1.54, 1.807) is 38.5 Å². The van der Waals surface area contributed by atoms with E-state index in [4.69, 9.17) is 0 Å². The highest BCUT2D eigenvalue weighted by Gasteiger charge is 2.53. The lowest BCUT2D eigenvalue weighted by molar-refractivity contribution is -0.0720. The smallest absolute Gasteiger partial charge is 0.00980 e. The summed E-state index contributed by atoms with van der Waals surface area (Å²) in [5.74, 6) is 3.30. The molecule has 1 atom stereocenters. The number of hydrogen-bond donors (Lipinski definition) is 1. The molecule has 0 aliphatic heterocycles. The Hall–Kier alpha value is -0.0400. The molecule has 1 unspecified atom stereocenters. The van der Waals surface area contributed by atoms with Crippen molar-refractivity contribution in [3.63, 3.8) is 0 Å². The van der Waals surface area contributed by atoms with Crippen LogP contribution in [0.3, 0.4) is 0 Å². The Morgan fingerprint density at radius 1 is 0.889 bits per heavy atom. The summed E-state index contributed by atoms with van der Waals surface area (Å²) in [7, 11) is 0. The van der Waals surface area contributed by atoms with Gasteiger partial charge in [-0.25, -0.2) is 0 Å². The van der Waals surface area contributed by atoms with Gasteiger partial charge in [-0.2, -0.15) is 0 Å². The normalized spacial score (nSPS) is 48.8. The molecule has 1 heteroatoms. The lowest BCUT2D eigenvalue weighted by Gasteiger charge is -2.59. The van der Waals surface area contributed by atoms with E-state index in [9.17, 15) is 0 Å². The summed E-state index contributed by atoms with van der Waals surface area (Å²) in [5.41, 5.74) is 0.706. The van der Waals surface area contributed by atoms with Crippen LogP contribution in [-0.4, -0.2) is 12.1 Å². The van der Waals surface area contributed by atoms with Gasteiger partial charge >= 0.3 is 0 Å². The third-order valence-corrected chi connectivity index (χ3v) is 6.85. The van der Waals surface area contributed by atoms with E-state index in [-0.39, 0.29) is 0 Å². The van der Waals surface area contributed by atoms with Gasteiger partial charge in [-0.15, -0.1) is 0 Å². The van der Waals surface area contributed by atoms with E-state index >= 15 is 0 Å². The van der Waals surface area contributed by atoms with E-state index in [0.29, 0.717) is 5.41 Å². The Kier molecular flexibility index (Phi) is 2.76. The van der Waals surface area contributed by atoms with Crippen LogP contribution in [0.4, 0.5) is 0 Å². The minimum absolute atomic E-state index is 0.706. The number of hydrogen-bond acceptors (Lipinski definition) is 1. The standard InChI is InChI=1S/C17H29N/c1-12(18-16-4-2-3-5-16)17-9-13-6-14(10-17)8-15(7-13)11-17/h12-16,18H,2-11H2,1H3. The first-order chi connectivity index (χ1) is 8.73. The monoisotopic (exact) mass is 247 g/mol. The van der Waals surface area contributed by atoms with Crippen LogP contribution in [0.2, 0.25) is 0 Å². The zero-order valence-electron chi connectivity index (χ0n) is 12.0. The van der Waals surface area contributed by atoms with Crippen molar-refractivity contribution in [2.24, 2.45) is 23.2 Å². The molecule has 0 heterocycles. The molecular formula is C17H29N. The molecule has 0 amide bonds. The molecule has 5 saturated carbocycles. The van der Waals surface area contributed by atoms with Gasteiger partial charge in [0.2, 0.25) is 0 Å². The van der Waals surface area contributed by atoms with Gasteiger partial charge in [-0.1, -0.05) is 12.8 Å². The van der Waals surface area contributed by atoms with Gasteiger partial charge in [0.1, 0.15) is 0 Å². The Morgan fingerprint density at radius 3 is 1.89 bits per heavy atom. The predicted octanol–water partition coefficient (Wildman–Crippen LogP) is 4.12. The van der Waals surface area contributed by atoms with Gasteiger partial charge in [0, 0.05) is 12.1 Å². The van der Waals surface area contributed by atoms with Gasteiger partial charge in [-0.05, 0) is 81.5 Å². The lowest BCUT2D eigenvalue weighted by atomic mass is 9.48. The maximum absolute atomic E-state index is 4.04. The average Bonchev–Trinajstić information content (AvgIpc) is 2.79. The zero-order chi connectivity index (χ0) is 12.2. The van der Waals surface area contributed by atoms with Crippen molar-refractivity contribution in [3.8, 4) is 0 Å². The van der Waals surface area contributed by atoms with Crippen LogP contribution in [0.25, 0.3) is 0 Å². The van der Waals surface area contributed by atoms with E-state index in [1.807, 2.05) is 0 Å². The highest BCUT2D eigenvalue weighted by molar-refractivity contribution is 5.05. The molecular weight excluding hydrogens is 218 g/mol. The molecule has 5 fully saturated rings. The molecule has 0 aromatic heterocycles. The summed E-state index contributed by atoms with van der Waals surface area (Å²) >= 11 is 0. The van der Waals surface area contributed by atoms with Crippen molar-refractivity contribution in [1.82, 2.24) is 5.32 Å². The molecule has 102 valence electrons. The second-order valence-electron chi connectivity index (χ2n) is 8.15. The van der Waals surface area contributed by atoms with Crippen molar-refractivity contribution >= 4 is 0 Å². The van der Waals surface area contributed by atoms with Crippen molar-refractivity contribution in [1.29, 1.82) is 0 Å². The first kappa shape index (κ1) is 11.8. The van der Waals surface area contributed by atoms with E-state index < -0.39 is 0 Å². The van der Waals surface area contributed by atoms with Crippen molar-refractivity contribution in [3.05, 3.63) is 0 Å². The number of rotatable bonds is 3. The molecule has 0 aromatic rings. The third-order valence-electron chi connectivity index (χ3n) is 6.85. The van der Waals surface area contributed by atoms with Crippen LogP contribution in [0, 0.1) is 23.2 Å². The van der Waals surface area contributed by atoms with Crippen LogP contribution in [0.1, 0.15) is 71.1 Å². The van der Waals surface area contributed by atoms with Crippen LogP contribution in [-0.2, 0) is 0 Å². The molecule has 4 bridgehead atoms. The first-order valence-electron chi connectivity index (χ1n) is 8.49. The second-order valence-corrected chi connectivity index (χ2v) is 8.15. The fourth-order valence-corrected chi connectivity index (χ4v) is 6.33. The second kappa shape index (κ2) is 4.23.